The van der Waals surface area contributed by atoms with Crippen molar-refractivity contribution in [2.75, 3.05) is 11.9 Å². The Hall–Kier alpha value is -0.610. The van der Waals surface area contributed by atoms with Crippen molar-refractivity contribution in [3.8, 4) is 0 Å². The molecule has 0 amide bonds. The van der Waals surface area contributed by atoms with Gasteiger partial charge in [0.15, 0.2) is 0 Å². The molecule has 0 saturated heterocycles. The van der Waals surface area contributed by atoms with Gasteiger partial charge in [-0.25, -0.2) is 0 Å². The summed E-state index contributed by atoms with van der Waals surface area (Å²) in [5, 5.41) is 3.29. The first kappa shape index (κ1) is 12.5. The number of aromatic nitrogens is 3. The molecule has 1 aromatic rings. The summed E-state index contributed by atoms with van der Waals surface area (Å²) in [5.74, 6) is 0.418. The monoisotopic (exact) mass is 248 g/mol. The highest BCUT2D eigenvalue weighted by Gasteiger charge is 2.15. The third-order valence-corrected chi connectivity index (χ3v) is 2.60. The molecule has 0 spiro atoms. The molecular weight excluding hydrogens is 235 g/mol. The molecule has 84 valence electrons. The Bertz CT molecular complexity index is 321. The first-order chi connectivity index (χ1) is 6.93. The number of rotatable bonds is 4. The molecule has 1 heterocycles. The van der Waals surface area contributed by atoms with Crippen molar-refractivity contribution in [2.24, 2.45) is 5.41 Å². The minimum absolute atomic E-state index is 0.104. The maximum atomic E-state index is 5.65. The standard InChI is InChI=1S/C9H14Cl2N4/c1-4-9(2,3)5-12-8-14-6(10)13-7(11)15-8/h4-5H2,1-3H3,(H,12,13,14,15). The zero-order valence-electron chi connectivity index (χ0n) is 9.01. The molecule has 1 N–H and O–H groups in total. The molecule has 0 bridgehead atoms. The lowest BCUT2D eigenvalue weighted by Crippen LogP contribution is -2.23. The van der Waals surface area contributed by atoms with Crippen molar-refractivity contribution >= 4 is 29.2 Å². The third kappa shape index (κ3) is 4.18. The maximum absolute atomic E-state index is 5.65. The first-order valence-electron chi connectivity index (χ1n) is 4.74. The van der Waals surface area contributed by atoms with Gasteiger partial charge in [-0.15, -0.1) is 0 Å². The summed E-state index contributed by atoms with van der Waals surface area (Å²) in [6, 6.07) is 0. The Morgan fingerprint density at radius 3 is 2.13 bits per heavy atom. The highest BCUT2D eigenvalue weighted by molar-refractivity contribution is 6.31. The SMILES string of the molecule is CCC(C)(C)CNc1nc(Cl)nc(Cl)n1. The van der Waals surface area contributed by atoms with Gasteiger partial charge < -0.3 is 5.32 Å². The predicted octanol–water partition coefficient (Wildman–Crippen LogP) is 3.03. The van der Waals surface area contributed by atoms with Gasteiger partial charge in [-0.05, 0) is 35.0 Å². The van der Waals surface area contributed by atoms with E-state index in [-0.39, 0.29) is 16.0 Å². The number of hydrogen-bond acceptors (Lipinski definition) is 4. The molecule has 0 aliphatic carbocycles. The van der Waals surface area contributed by atoms with E-state index in [1.807, 2.05) is 0 Å². The summed E-state index contributed by atoms with van der Waals surface area (Å²) in [5.41, 5.74) is 0.186. The molecule has 0 aliphatic rings. The highest BCUT2D eigenvalue weighted by Crippen LogP contribution is 2.20. The van der Waals surface area contributed by atoms with Gasteiger partial charge in [0.05, 0.1) is 0 Å². The van der Waals surface area contributed by atoms with Gasteiger partial charge in [0.25, 0.3) is 0 Å². The zero-order valence-corrected chi connectivity index (χ0v) is 10.5. The van der Waals surface area contributed by atoms with Crippen LogP contribution >= 0.6 is 23.2 Å². The van der Waals surface area contributed by atoms with Gasteiger partial charge in [-0.2, -0.15) is 15.0 Å². The number of halogens is 2. The number of hydrogen-bond donors (Lipinski definition) is 1. The van der Waals surface area contributed by atoms with Gasteiger partial charge in [-0.3, -0.25) is 0 Å². The van der Waals surface area contributed by atoms with Crippen molar-refractivity contribution in [3.05, 3.63) is 10.6 Å². The lowest BCUT2D eigenvalue weighted by atomic mass is 9.90. The second-order valence-electron chi connectivity index (χ2n) is 4.07. The van der Waals surface area contributed by atoms with Gasteiger partial charge in [0, 0.05) is 6.54 Å². The Kier molecular flexibility index (Phi) is 4.11. The maximum Gasteiger partial charge on any atom is 0.228 e. The average Bonchev–Trinajstić information content (AvgIpc) is 2.14. The summed E-state index contributed by atoms with van der Waals surface area (Å²) in [4.78, 5) is 11.5. The predicted molar refractivity (Wildman–Crippen MR) is 62.4 cm³/mol. The number of anilines is 1. The Morgan fingerprint density at radius 2 is 1.67 bits per heavy atom. The van der Waals surface area contributed by atoms with E-state index < -0.39 is 0 Å². The lowest BCUT2D eigenvalue weighted by Gasteiger charge is -2.22. The molecule has 0 fully saturated rings. The van der Waals surface area contributed by atoms with Crippen molar-refractivity contribution < 1.29 is 0 Å². The van der Waals surface area contributed by atoms with Gasteiger partial charge in [0.2, 0.25) is 16.5 Å². The zero-order chi connectivity index (χ0) is 11.5. The third-order valence-electron chi connectivity index (χ3n) is 2.26. The number of nitrogens with zero attached hydrogens (tertiary/aromatic N) is 3. The topological polar surface area (TPSA) is 50.7 Å². The normalized spacial score (nSPS) is 11.5. The van der Waals surface area contributed by atoms with Crippen LogP contribution in [-0.4, -0.2) is 21.5 Å². The van der Waals surface area contributed by atoms with Crippen LogP contribution in [0.4, 0.5) is 5.95 Å². The summed E-state index contributed by atoms with van der Waals surface area (Å²) in [6.07, 6.45) is 1.06. The van der Waals surface area contributed by atoms with E-state index in [1.54, 1.807) is 0 Å². The fourth-order valence-corrected chi connectivity index (χ4v) is 1.21. The van der Waals surface area contributed by atoms with Crippen LogP contribution in [-0.2, 0) is 0 Å². The van der Waals surface area contributed by atoms with Crippen LogP contribution in [0.2, 0.25) is 10.6 Å². The molecule has 0 aliphatic heterocycles. The van der Waals surface area contributed by atoms with Crippen LogP contribution in [0.25, 0.3) is 0 Å². The van der Waals surface area contributed by atoms with Crippen LogP contribution in [0.3, 0.4) is 0 Å². The van der Waals surface area contributed by atoms with Crippen LogP contribution in [0.1, 0.15) is 27.2 Å². The minimum Gasteiger partial charge on any atom is -0.354 e. The first-order valence-corrected chi connectivity index (χ1v) is 5.49. The second-order valence-corrected chi connectivity index (χ2v) is 4.74. The van der Waals surface area contributed by atoms with Crippen LogP contribution < -0.4 is 5.32 Å². The molecule has 0 atom stereocenters. The summed E-state index contributed by atoms with van der Waals surface area (Å²) < 4.78 is 0. The van der Waals surface area contributed by atoms with E-state index in [1.165, 1.54) is 0 Å². The Morgan fingerprint density at radius 1 is 1.13 bits per heavy atom. The van der Waals surface area contributed by atoms with E-state index in [2.05, 4.69) is 41.0 Å². The van der Waals surface area contributed by atoms with Crippen LogP contribution in [0.5, 0.6) is 0 Å². The van der Waals surface area contributed by atoms with Gasteiger partial charge in [-0.1, -0.05) is 20.8 Å². The van der Waals surface area contributed by atoms with Gasteiger partial charge >= 0.3 is 0 Å². The van der Waals surface area contributed by atoms with E-state index >= 15 is 0 Å². The van der Waals surface area contributed by atoms with Crippen molar-refractivity contribution in [1.82, 2.24) is 15.0 Å². The molecule has 4 nitrogen and oxygen atoms in total. The number of nitrogens with one attached hydrogen (secondary N) is 1. The smallest absolute Gasteiger partial charge is 0.228 e. The molecular formula is C9H14Cl2N4. The molecule has 1 rings (SSSR count). The van der Waals surface area contributed by atoms with Crippen molar-refractivity contribution in [2.45, 2.75) is 27.2 Å². The largest absolute Gasteiger partial charge is 0.354 e. The molecule has 15 heavy (non-hydrogen) atoms. The molecule has 0 saturated carbocycles. The summed E-state index contributed by atoms with van der Waals surface area (Å²) in [7, 11) is 0. The van der Waals surface area contributed by atoms with E-state index in [0.29, 0.717) is 5.95 Å². The van der Waals surface area contributed by atoms with E-state index in [0.717, 1.165) is 13.0 Å². The molecule has 1 aromatic heterocycles. The van der Waals surface area contributed by atoms with Crippen LogP contribution in [0, 0.1) is 5.41 Å². The Labute approximate surface area is 99.4 Å². The molecule has 0 aromatic carbocycles. The van der Waals surface area contributed by atoms with Crippen molar-refractivity contribution in [1.29, 1.82) is 0 Å². The lowest BCUT2D eigenvalue weighted by molar-refractivity contribution is 0.376. The quantitative estimate of drug-likeness (QED) is 0.891. The summed E-state index contributed by atoms with van der Waals surface area (Å²) in [6.45, 7) is 7.21. The van der Waals surface area contributed by atoms with Crippen LogP contribution in [0.15, 0.2) is 0 Å². The molecule has 0 unspecified atom stereocenters. The Balaban J connectivity index is 2.65. The fraction of sp³-hybridized carbons (Fsp3) is 0.667. The van der Waals surface area contributed by atoms with Gasteiger partial charge in [0.1, 0.15) is 0 Å². The minimum atomic E-state index is 0.104. The average molecular weight is 249 g/mol. The van der Waals surface area contributed by atoms with Crippen molar-refractivity contribution in [3.63, 3.8) is 0 Å². The molecule has 6 heteroatoms. The van der Waals surface area contributed by atoms with E-state index in [9.17, 15) is 0 Å². The van der Waals surface area contributed by atoms with E-state index in [4.69, 9.17) is 23.2 Å². The summed E-state index contributed by atoms with van der Waals surface area (Å²) >= 11 is 11.3. The highest BCUT2D eigenvalue weighted by atomic mass is 35.5. The molecule has 0 radical (unpaired) electrons. The second kappa shape index (κ2) is 4.94. The fourth-order valence-electron chi connectivity index (χ4n) is 0.848.